The van der Waals surface area contributed by atoms with Crippen LogP contribution in [0.3, 0.4) is 0 Å². The highest BCUT2D eigenvalue weighted by Gasteiger charge is 2.34. The molecule has 114 valence electrons. The standard InChI is InChI=1S/C13H22N2O3S2/c1-10-6-7-15(9-12(10)18-3)20(16,17)13-5-4-11(19-13)8-14-2/h4-5,10,12,14H,6-9H2,1-3H3. The Hall–Kier alpha value is -0.470. The van der Waals surface area contributed by atoms with Crippen LogP contribution in [0.5, 0.6) is 0 Å². The SMILES string of the molecule is CNCc1ccc(S(=O)(=O)N2CCC(C)C(OC)C2)s1. The fourth-order valence-electron chi connectivity index (χ4n) is 2.42. The lowest BCUT2D eigenvalue weighted by atomic mass is 9.97. The van der Waals surface area contributed by atoms with Gasteiger partial charge in [0.15, 0.2) is 0 Å². The van der Waals surface area contributed by atoms with Gasteiger partial charge in [-0.1, -0.05) is 6.92 Å². The molecular weight excluding hydrogens is 296 g/mol. The van der Waals surface area contributed by atoms with Gasteiger partial charge < -0.3 is 10.1 Å². The first-order valence-electron chi connectivity index (χ1n) is 6.75. The molecule has 7 heteroatoms. The second-order valence-electron chi connectivity index (χ2n) is 5.15. The number of rotatable bonds is 5. The van der Waals surface area contributed by atoms with Gasteiger partial charge in [-0.15, -0.1) is 11.3 Å². The van der Waals surface area contributed by atoms with Crippen molar-refractivity contribution in [1.29, 1.82) is 0 Å². The summed E-state index contributed by atoms with van der Waals surface area (Å²) in [5.74, 6) is 0.398. The van der Waals surface area contributed by atoms with Crippen molar-refractivity contribution in [3.8, 4) is 0 Å². The molecule has 0 radical (unpaired) electrons. The van der Waals surface area contributed by atoms with E-state index in [9.17, 15) is 8.42 Å². The number of methoxy groups -OCH3 is 1. The molecule has 1 saturated heterocycles. The number of hydrogen-bond acceptors (Lipinski definition) is 5. The highest BCUT2D eigenvalue weighted by atomic mass is 32.2. The molecule has 1 aliphatic heterocycles. The molecule has 5 nitrogen and oxygen atoms in total. The zero-order valence-electron chi connectivity index (χ0n) is 12.1. The highest BCUT2D eigenvalue weighted by molar-refractivity contribution is 7.91. The molecular formula is C13H22N2O3S2. The smallest absolute Gasteiger partial charge is 0.252 e. The quantitative estimate of drug-likeness (QED) is 0.894. The lowest BCUT2D eigenvalue weighted by Crippen LogP contribution is -2.46. The molecule has 2 atom stereocenters. The predicted molar refractivity (Wildman–Crippen MR) is 80.4 cm³/mol. The van der Waals surface area contributed by atoms with Crippen molar-refractivity contribution < 1.29 is 13.2 Å². The van der Waals surface area contributed by atoms with Crippen molar-refractivity contribution in [3.05, 3.63) is 17.0 Å². The van der Waals surface area contributed by atoms with Crippen molar-refractivity contribution in [2.75, 3.05) is 27.2 Å². The topological polar surface area (TPSA) is 58.6 Å². The van der Waals surface area contributed by atoms with Crippen LogP contribution in [0.15, 0.2) is 16.3 Å². The molecule has 0 aliphatic carbocycles. The maximum absolute atomic E-state index is 12.6. The number of sulfonamides is 1. The van der Waals surface area contributed by atoms with Gasteiger partial charge in [0, 0.05) is 31.6 Å². The first kappa shape index (κ1) is 15.9. The molecule has 2 heterocycles. The summed E-state index contributed by atoms with van der Waals surface area (Å²) >= 11 is 1.33. The van der Waals surface area contributed by atoms with E-state index in [0.717, 1.165) is 11.3 Å². The number of piperidine rings is 1. The molecule has 0 aromatic carbocycles. The summed E-state index contributed by atoms with van der Waals surface area (Å²) in [5, 5.41) is 3.03. The third-order valence-electron chi connectivity index (χ3n) is 3.74. The fraction of sp³-hybridized carbons (Fsp3) is 0.692. The maximum Gasteiger partial charge on any atom is 0.252 e. The van der Waals surface area contributed by atoms with Gasteiger partial charge in [0.05, 0.1) is 6.10 Å². The molecule has 0 saturated carbocycles. The number of thiophene rings is 1. The van der Waals surface area contributed by atoms with Gasteiger partial charge in [-0.3, -0.25) is 0 Å². The lowest BCUT2D eigenvalue weighted by Gasteiger charge is -2.35. The minimum absolute atomic E-state index is 0.0183. The number of nitrogens with zero attached hydrogens (tertiary/aromatic N) is 1. The molecule has 1 aromatic rings. The van der Waals surface area contributed by atoms with Gasteiger partial charge in [0.2, 0.25) is 0 Å². The Balaban J connectivity index is 2.17. The van der Waals surface area contributed by atoms with E-state index in [0.29, 0.717) is 29.8 Å². The molecule has 1 aromatic heterocycles. The molecule has 20 heavy (non-hydrogen) atoms. The molecule has 2 unspecified atom stereocenters. The minimum Gasteiger partial charge on any atom is -0.380 e. The first-order chi connectivity index (χ1) is 9.48. The summed E-state index contributed by atoms with van der Waals surface area (Å²) < 4.78 is 32.6. The van der Waals surface area contributed by atoms with Crippen LogP contribution in [0.2, 0.25) is 0 Å². The Labute approximate surface area is 125 Å². The van der Waals surface area contributed by atoms with Crippen LogP contribution in [0.4, 0.5) is 0 Å². The van der Waals surface area contributed by atoms with Crippen LogP contribution in [-0.2, 0) is 21.3 Å². The second-order valence-corrected chi connectivity index (χ2v) is 8.49. The molecule has 2 rings (SSSR count). The summed E-state index contributed by atoms with van der Waals surface area (Å²) in [6.07, 6.45) is 0.821. The van der Waals surface area contributed by atoms with Gasteiger partial charge in [0.1, 0.15) is 4.21 Å². The van der Waals surface area contributed by atoms with E-state index < -0.39 is 10.0 Å². The van der Waals surface area contributed by atoms with Crippen molar-refractivity contribution in [3.63, 3.8) is 0 Å². The molecule has 1 fully saturated rings. The average molecular weight is 318 g/mol. The van der Waals surface area contributed by atoms with Crippen LogP contribution >= 0.6 is 11.3 Å². The molecule has 0 amide bonds. The third kappa shape index (κ3) is 3.23. The van der Waals surface area contributed by atoms with Gasteiger partial charge in [-0.25, -0.2) is 8.42 Å². The van der Waals surface area contributed by atoms with E-state index in [1.54, 1.807) is 17.5 Å². The second kappa shape index (κ2) is 6.53. The summed E-state index contributed by atoms with van der Waals surface area (Å²) in [6, 6.07) is 3.57. The maximum atomic E-state index is 12.6. The average Bonchev–Trinajstić information content (AvgIpc) is 2.89. The van der Waals surface area contributed by atoms with E-state index in [1.165, 1.54) is 11.3 Å². The van der Waals surface area contributed by atoms with E-state index in [1.807, 2.05) is 13.1 Å². The van der Waals surface area contributed by atoms with E-state index in [-0.39, 0.29) is 6.10 Å². The molecule has 0 spiro atoms. The van der Waals surface area contributed by atoms with Crippen LogP contribution < -0.4 is 5.32 Å². The Kier molecular flexibility index (Phi) is 5.19. The zero-order valence-corrected chi connectivity index (χ0v) is 13.8. The Morgan fingerprint density at radius 3 is 2.90 bits per heavy atom. The predicted octanol–water partition coefficient (Wildman–Crippen LogP) is 1.51. The monoisotopic (exact) mass is 318 g/mol. The van der Waals surface area contributed by atoms with Crippen LogP contribution in [-0.4, -0.2) is 46.1 Å². The van der Waals surface area contributed by atoms with Gasteiger partial charge in [-0.2, -0.15) is 4.31 Å². The zero-order chi connectivity index (χ0) is 14.8. The fourth-order valence-corrected chi connectivity index (χ4v) is 5.41. The largest absolute Gasteiger partial charge is 0.380 e. The highest BCUT2D eigenvalue weighted by Crippen LogP contribution is 2.29. The van der Waals surface area contributed by atoms with Crippen LogP contribution in [0.25, 0.3) is 0 Å². The summed E-state index contributed by atoms with van der Waals surface area (Å²) in [4.78, 5) is 1.03. The van der Waals surface area contributed by atoms with Crippen molar-refractivity contribution in [2.24, 2.45) is 5.92 Å². The summed E-state index contributed by atoms with van der Waals surface area (Å²) in [6.45, 7) is 3.81. The number of ether oxygens (including phenoxy) is 1. The third-order valence-corrected chi connectivity index (χ3v) is 7.15. The molecule has 1 aliphatic rings. The lowest BCUT2D eigenvalue weighted by molar-refractivity contribution is 0.0184. The number of nitrogens with one attached hydrogen (secondary N) is 1. The van der Waals surface area contributed by atoms with Gasteiger partial charge in [-0.05, 0) is 31.5 Å². The summed E-state index contributed by atoms with van der Waals surface area (Å²) in [5.41, 5.74) is 0. The van der Waals surface area contributed by atoms with Gasteiger partial charge >= 0.3 is 0 Å². The van der Waals surface area contributed by atoms with Crippen molar-refractivity contribution >= 4 is 21.4 Å². The van der Waals surface area contributed by atoms with Crippen LogP contribution in [0, 0.1) is 5.92 Å². The normalized spacial score (nSPS) is 24.9. The van der Waals surface area contributed by atoms with E-state index in [2.05, 4.69) is 12.2 Å². The molecule has 0 bridgehead atoms. The Morgan fingerprint density at radius 1 is 1.50 bits per heavy atom. The van der Waals surface area contributed by atoms with E-state index >= 15 is 0 Å². The first-order valence-corrected chi connectivity index (χ1v) is 9.01. The van der Waals surface area contributed by atoms with Crippen molar-refractivity contribution in [1.82, 2.24) is 9.62 Å². The Morgan fingerprint density at radius 2 is 2.25 bits per heavy atom. The summed E-state index contributed by atoms with van der Waals surface area (Å²) in [7, 11) is 0.115. The van der Waals surface area contributed by atoms with Crippen LogP contribution in [0.1, 0.15) is 18.2 Å². The number of hydrogen-bond donors (Lipinski definition) is 1. The van der Waals surface area contributed by atoms with Gasteiger partial charge in [0.25, 0.3) is 10.0 Å². The van der Waals surface area contributed by atoms with E-state index in [4.69, 9.17) is 4.74 Å². The minimum atomic E-state index is -3.38. The molecule has 1 N–H and O–H groups in total. The van der Waals surface area contributed by atoms with Crippen molar-refractivity contribution in [2.45, 2.75) is 30.2 Å². The Bertz CT molecular complexity index is 542.